The first-order valence-electron chi connectivity index (χ1n) is 7.34. The zero-order valence-electron chi connectivity index (χ0n) is 11.7. The van der Waals surface area contributed by atoms with Gasteiger partial charge in [-0.3, -0.25) is 4.90 Å². The Hall–Kier alpha value is -0.900. The van der Waals surface area contributed by atoms with Crippen LogP contribution in [0.3, 0.4) is 0 Å². The molecule has 0 spiro atoms. The fourth-order valence-corrected chi connectivity index (χ4v) is 3.69. The summed E-state index contributed by atoms with van der Waals surface area (Å²) in [5, 5.41) is 0. The van der Waals surface area contributed by atoms with Gasteiger partial charge in [0.15, 0.2) is 0 Å². The van der Waals surface area contributed by atoms with Crippen LogP contribution in [0.2, 0.25) is 0 Å². The number of benzene rings is 1. The second-order valence-corrected chi connectivity index (χ2v) is 6.04. The molecule has 2 atom stereocenters. The Morgan fingerprint density at radius 1 is 1.11 bits per heavy atom. The lowest BCUT2D eigenvalue weighted by Crippen LogP contribution is -2.46. The van der Waals surface area contributed by atoms with E-state index in [1.165, 1.54) is 36.8 Å². The summed E-state index contributed by atoms with van der Waals surface area (Å²) in [6.07, 6.45) is 5.02. The second-order valence-electron chi connectivity index (χ2n) is 6.04. The summed E-state index contributed by atoms with van der Waals surface area (Å²) in [5.41, 5.74) is 8.78. The van der Waals surface area contributed by atoms with Gasteiger partial charge in [-0.15, -0.1) is 0 Å². The van der Waals surface area contributed by atoms with Gasteiger partial charge >= 0.3 is 0 Å². The van der Waals surface area contributed by atoms with Crippen molar-refractivity contribution < 1.29 is 4.74 Å². The molecule has 2 bridgehead atoms. The Morgan fingerprint density at radius 2 is 1.68 bits per heavy atom. The average molecular weight is 260 g/mol. The van der Waals surface area contributed by atoms with Crippen LogP contribution in [0.4, 0.5) is 0 Å². The quantitative estimate of drug-likeness (QED) is 0.902. The van der Waals surface area contributed by atoms with Crippen molar-refractivity contribution in [3.63, 3.8) is 0 Å². The van der Waals surface area contributed by atoms with Gasteiger partial charge in [-0.2, -0.15) is 0 Å². The summed E-state index contributed by atoms with van der Waals surface area (Å²) in [7, 11) is 1.74. The van der Waals surface area contributed by atoms with E-state index in [1.807, 2.05) is 0 Å². The number of methoxy groups -OCH3 is 1. The molecule has 2 aliphatic rings. The molecule has 2 aliphatic heterocycles. The molecule has 3 rings (SSSR count). The lowest BCUT2D eigenvalue weighted by Gasteiger charge is -2.37. The van der Waals surface area contributed by atoms with Crippen LogP contribution < -0.4 is 5.73 Å². The Bertz CT molecular complexity index is 403. The Morgan fingerprint density at radius 3 is 2.26 bits per heavy atom. The van der Waals surface area contributed by atoms with E-state index >= 15 is 0 Å². The van der Waals surface area contributed by atoms with E-state index < -0.39 is 0 Å². The van der Waals surface area contributed by atoms with Crippen molar-refractivity contribution in [3.05, 3.63) is 35.4 Å². The minimum absolute atomic E-state index is 0.429. The van der Waals surface area contributed by atoms with Gasteiger partial charge in [0.1, 0.15) is 0 Å². The second kappa shape index (κ2) is 5.61. The molecule has 19 heavy (non-hydrogen) atoms. The standard InChI is InChI=1S/C16H24N2O/c1-19-11-13-4-2-12(3-5-13)10-18-15-6-7-16(18)9-14(17)8-15/h2-5,14-16H,6-11,17H2,1H3. The van der Waals surface area contributed by atoms with Crippen LogP contribution >= 0.6 is 0 Å². The number of piperidine rings is 1. The maximum atomic E-state index is 6.12. The van der Waals surface area contributed by atoms with E-state index in [0.29, 0.717) is 24.7 Å². The van der Waals surface area contributed by atoms with Crippen molar-refractivity contribution in [2.45, 2.75) is 57.0 Å². The number of nitrogens with zero attached hydrogens (tertiary/aromatic N) is 1. The Kier molecular flexibility index (Phi) is 3.87. The summed E-state index contributed by atoms with van der Waals surface area (Å²) < 4.78 is 5.15. The lowest BCUT2D eigenvalue weighted by atomic mass is 9.97. The molecule has 2 saturated heterocycles. The van der Waals surface area contributed by atoms with Crippen LogP contribution in [0.5, 0.6) is 0 Å². The van der Waals surface area contributed by atoms with E-state index in [9.17, 15) is 0 Å². The topological polar surface area (TPSA) is 38.5 Å². The summed E-state index contributed by atoms with van der Waals surface area (Å²) in [6.45, 7) is 1.78. The predicted octanol–water partition coefficient (Wildman–Crippen LogP) is 2.29. The van der Waals surface area contributed by atoms with Gasteiger partial charge in [-0.05, 0) is 36.8 Å². The first kappa shape index (κ1) is 13.1. The van der Waals surface area contributed by atoms with E-state index in [2.05, 4.69) is 29.2 Å². The van der Waals surface area contributed by atoms with E-state index in [1.54, 1.807) is 7.11 Å². The summed E-state index contributed by atoms with van der Waals surface area (Å²) in [5.74, 6) is 0. The van der Waals surface area contributed by atoms with Gasteiger partial charge in [0, 0.05) is 31.8 Å². The normalized spacial score (nSPS) is 30.7. The third-order valence-electron chi connectivity index (χ3n) is 4.62. The summed E-state index contributed by atoms with van der Waals surface area (Å²) >= 11 is 0. The van der Waals surface area contributed by atoms with Crippen LogP contribution in [-0.4, -0.2) is 30.1 Å². The highest BCUT2D eigenvalue weighted by molar-refractivity contribution is 5.22. The van der Waals surface area contributed by atoms with Crippen LogP contribution in [0.1, 0.15) is 36.8 Å². The van der Waals surface area contributed by atoms with Crippen molar-refractivity contribution >= 4 is 0 Å². The molecular formula is C16H24N2O. The third-order valence-corrected chi connectivity index (χ3v) is 4.62. The largest absolute Gasteiger partial charge is 0.380 e. The van der Waals surface area contributed by atoms with Gasteiger partial charge in [-0.25, -0.2) is 0 Å². The van der Waals surface area contributed by atoms with Gasteiger partial charge in [0.2, 0.25) is 0 Å². The van der Waals surface area contributed by atoms with Crippen molar-refractivity contribution in [3.8, 4) is 0 Å². The maximum absolute atomic E-state index is 6.12. The SMILES string of the molecule is COCc1ccc(CN2C3CCC2CC(N)C3)cc1. The summed E-state index contributed by atoms with van der Waals surface area (Å²) in [4.78, 5) is 2.68. The third kappa shape index (κ3) is 2.83. The first-order valence-corrected chi connectivity index (χ1v) is 7.34. The number of fused-ring (bicyclic) bond motifs is 2. The molecular weight excluding hydrogens is 236 g/mol. The zero-order valence-corrected chi connectivity index (χ0v) is 11.7. The fourth-order valence-electron chi connectivity index (χ4n) is 3.69. The molecule has 2 unspecified atom stereocenters. The molecule has 2 N–H and O–H groups in total. The molecule has 0 aliphatic carbocycles. The minimum Gasteiger partial charge on any atom is -0.380 e. The van der Waals surface area contributed by atoms with Crippen molar-refractivity contribution in [1.82, 2.24) is 4.90 Å². The monoisotopic (exact) mass is 260 g/mol. The van der Waals surface area contributed by atoms with Crippen LogP contribution in [0.15, 0.2) is 24.3 Å². The maximum Gasteiger partial charge on any atom is 0.0713 e. The highest BCUT2D eigenvalue weighted by Gasteiger charge is 2.39. The first-order chi connectivity index (χ1) is 9.26. The van der Waals surface area contributed by atoms with Gasteiger partial charge in [-0.1, -0.05) is 24.3 Å². The molecule has 0 amide bonds. The molecule has 104 valence electrons. The van der Waals surface area contributed by atoms with Gasteiger partial charge in [0.25, 0.3) is 0 Å². The van der Waals surface area contributed by atoms with Gasteiger partial charge < -0.3 is 10.5 Å². The van der Waals surface area contributed by atoms with Crippen molar-refractivity contribution in [1.29, 1.82) is 0 Å². The number of hydrogen-bond donors (Lipinski definition) is 1. The Balaban J connectivity index is 1.65. The number of hydrogen-bond acceptors (Lipinski definition) is 3. The van der Waals surface area contributed by atoms with E-state index in [-0.39, 0.29) is 0 Å². The molecule has 3 heteroatoms. The van der Waals surface area contributed by atoms with Crippen molar-refractivity contribution in [2.24, 2.45) is 5.73 Å². The molecule has 2 fully saturated rings. The molecule has 1 aromatic carbocycles. The number of rotatable bonds is 4. The molecule has 0 radical (unpaired) electrons. The van der Waals surface area contributed by atoms with Crippen molar-refractivity contribution in [2.75, 3.05) is 7.11 Å². The van der Waals surface area contributed by atoms with Crippen LogP contribution in [-0.2, 0) is 17.9 Å². The van der Waals surface area contributed by atoms with Gasteiger partial charge in [0.05, 0.1) is 6.61 Å². The average Bonchev–Trinajstić information content (AvgIpc) is 2.64. The van der Waals surface area contributed by atoms with Crippen LogP contribution in [0, 0.1) is 0 Å². The predicted molar refractivity (Wildman–Crippen MR) is 76.7 cm³/mol. The van der Waals surface area contributed by atoms with Crippen LogP contribution in [0.25, 0.3) is 0 Å². The van der Waals surface area contributed by atoms with E-state index in [0.717, 1.165) is 6.54 Å². The molecule has 0 aromatic heterocycles. The fraction of sp³-hybridized carbons (Fsp3) is 0.625. The molecule has 3 nitrogen and oxygen atoms in total. The summed E-state index contributed by atoms with van der Waals surface area (Å²) in [6, 6.07) is 10.7. The number of nitrogens with two attached hydrogens (primary N) is 1. The highest BCUT2D eigenvalue weighted by Crippen LogP contribution is 2.36. The smallest absolute Gasteiger partial charge is 0.0713 e. The minimum atomic E-state index is 0.429. The van der Waals surface area contributed by atoms with E-state index in [4.69, 9.17) is 10.5 Å². The molecule has 0 saturated carbocycles. The molecule has 2 heterocycles. The molecule has 1 aromatic rings. The lowest BCUT2D eigenvalue weighted by molar-refractivity contribution is 0.120. The number of ether oxygens (including phenoxy) is 1. The zero-order chi connectivity index (χ0) is 13.2. The Labute approximate surface area is 115 Å². The highest BCUT2D eigenvalue weighted by atomic mass is 16.5.